The molecule has 26 heavy (non-hydrogen) atoms. The second-order valence-electron chi connectivity index (χ2n) is 5.88. The fourth-order valence-corrected chi connectivity index (χ4v) is 2.80. The van der Waals surface area contributed by atoms with Crippen LogP contribution in [0, 0.1) is 0 Å². The first-order valence-electron chi connectivity index (χ1n) is 8.12. The molecule has 6 nitrogen and oxygen atoms in total. The van der Waals surface area contributed by atoms with Gasteiger partial charge in [-0.3, -0.25) is 4.79 Å². The normalized spacial score (nSPS) is 11.6. The molecule has 2 aromatic rings. The van der Waals surface area contributed by atoms with Crippen molar-refractivity contribution in [1.82, 2.24) is 0 Å². The molecule has 140 valence electrons. The zero-order valence-corrected chi connectivity index (χ0v) is 16.1. The zero-order valence-electron chi connectivity index (χ0n) is 15.4. The largest absolute Gasteiger partial charge is 0.497 e. The second kappa shape index (κ2) is 9.31. The zero-order chi connectivity index (χ0) is 19.1. The number of hydrogen-bond acceptors (Lipinski definition) is 4. The van der Waals surface area contributed by atoms with Crippen molar-refractivity contribution in [1.29, 1.82) is 0 Å². The molecule has 1 unspecified atom stereocenters. The minimum Gasteiger partial charge on any atom is -0.497 e. The van der Waals surface area contributed by atoms with Gasteiger partial charge in [-0.25, -0.2) is 0 Å². The van der Waals surface area contributed by atoms with Crippen LogP contribution in [0.4, 0.5) is 5.69 Å². The SMILES string of the molecule is COc1ccc(C[NH+](C)CC(=O)Nc2cc(Cl)ccc2OC)c(OC)c1. The van der Waals surface area contributed by atoms with Crippen LogP contribution in [-0.2, 0) is 11.3 Å². The Morgan fingerprint density at radius 3 is 2.42 bits per heavy atom. The van der Waals surface area contributed by atoms with E-state index in [1.165, 1.54) is 0 Å². The molecule has 0 spiro atoms. The van der Waals surface area contributed by atoms with E-state index in [2.05, 4.69) is 5.32 Å². The van der Waals surface area contributed by atoms with Gasteiger partial charge in [0.25, 0.3) is 5.91 Å². The van der Waals surface area contributed by atoms with Gasteiger partial charge in [0.05, 0.1) is 34.1 Å². The molecular formula is C19H24ClN2O4+. The molecule has 2 rings (SSSR count). The summed E-state index contributed by atoms with van der Waals surface area (Å²) in [6.45, 7) is 0.915. The number of methoxy groups -OCH3 is 3. The van der Waals surface area contributed by atoms with Crippen molar-refractivity contribution in [2.24, 2.45) is 0 Å². The van der Waals surface area contributed by atoms with Crippen LogP contribution in [-0.4, -0.2) is 40.8 Å². The topological polar surface area (TPSA) is 61.2 Å². The van der Waals surface area contributed by atoms with E-state index in [9.17, 15) is 4.79 Å². The average Bonchev–Trinajstić information content (AvgIpc) is 2.62. The summed E-state index contributed by atoms with van der Waals surface area (Å²) in [4.78, 5) is 13.4. The summed E-state index contributed by atoms with van der Waals surface area (Å²) in [6.07, 6.45) is 0. The number of benzene rings is 2. The summed E-state index contributed by atoms with van der Waals surface area (Å²) in [7, 11) is 6.72. The van der Waals surface area contributed by atoms with Gasteiger partial charge in [0, 0.05) is 16.7 Å². The van der Waals surface area contributed by atoms with Crippen LogP contribution in [0.25, 0.3) is 0 Å². The maximum atomic E-state index is 12.4. The first kappa shape index (κ1) is 19.9. The molecule has 0 radical (unpaired) electrons. The van der Waals surface area contributed by atoms with Crippen LogP contribution >= 0.6 is 11.6 Å². The Bertz CT molecular complexity index is 767. The number of halogens is 1. The van der Waals surface area contributed by atoms with E-state index in [1.54, 1.807) is 39.5 Å². The van der Waals surface area contributed by atoms with Crippen LogP contribution in [0.3, 0.4) is 0 Å². The summed E-state index contributed by atoms with van der Waals surface area (Å²) >= 11 is 5.99. The number of rotatable bonds is 8. The van der Waals surface area contributed by atoms with Crippen LogP contribution in [0.15, 0.2) is 36.4 Å². The van der Waals surface area contributed by atoms with Gasteiger partial charge in [-0.05, 0) is 30.3 Å². The molecule has 0 heterocycles. The van der Waals surface area contributed by atoms with Crippen molar-refractivity contribution >= 4 is 23.2 Å². The summed E-state index contributed by atoms with van der Waals surface area (Å²) in [5, 5.41) is 3.38. The summed E-state index contributed by atoms with van der Waals surface area (Å²) in [5.74, 6) is 1.91. The lowest BCUT2D eigenvalue weighted by Crippen LogP contribution is -3.08. The Hall–Kier alpha value is -2.44. The Labute approximate surface area is 158 Å². The summed E-state index contributed by atoms with van der Waals surface area (Å²) in [5.41, 5.74) is 1.55. The third kappa shape index (κ3) is 5.28. The predicted molar refractivity (Wildman–Crippen MR) is 102 cm³/mol. The number of carbonyl (C=O) groups excluding carboxylic acids is 1. The van der Waals surface area contributed by atoms with Gasteiger partial charge < -0.3 is 24.4 Å². The Balaban J connectivity index is 2.01. The Kier molecular flexibility index (Phi) is 7.12. The van der Waals surface area contributed by atoms with E-state index in [-0.39, 0.29) is 12.5 Å². The third-order valence-corrected chi connectivity index (χ3v) is 4.12. The van der Waals surface area contributed by atoms with Crippen molar-refractivity contribution < 1.29 is 23.9 Å². The van der Waals surface area contributed by atoms with Gasteiger partial charge in [-0.2, -0.15) is 0 Å². The summed E-state index contributed by atoms with van der Waals surface area (Å²) in [6, 6.07) is 10.8. The summed E-state index contributed by atoms with van der Waals surface area (Å²) < 4.78 is 15.9. The Morgan fingerprint density at radius 2 is 1.77 bits per heavy atom. The van der Waals surface area contributed by atoms with Crippen molar-refractivity contribution in [3.63, 3.8) is 0 Å². The van der Waals surface area contributed by atoms with E-state index < -0.39 is 0 Å². The van der Waals surface area contributed by atoms with E-state index in [0.717, 1.165) is 22.0 Å². The lowest BCUT2D eigenvalue weighted by Gasteiger charge is -2.17. The average molecular weight is 380 g/mol. The van der Waals surface area contributed by atoms with Crippen LogP contribution in [0.1, 0.15) is 5.56 Å². The quantitative estimate of drug-likeness (QED) is 0.736. The Morgan fingerprint density at radius 1 is 1.04 bits per heavy atom. The fourth-order valence-electron chi connectivity index (χ4n) is 2.63. The van der Waals surface area contributed by atoms with E-state index >= 15 is 0 Å². The highest BCUT2D eigenvalue weighted by Crippen LogP contribution is 2.27. The van der Waals surface area contributed by atoms with Crippen molar-refractivity contribution in [2.45, 2.75) is 6.54 Å². The molecule has 0 saturated heterocycles. The third-order valence-electron chi connectivity index (χ3n) is 3.88. The number of carbonyl (C=O) groups is 1. The molecular weight excluding hydrogens is 356 g/mol. The second-order valence-corrected chi connectivity index (χ2v) is 6.32. The lowest BCUT2D eigenvalue weighted by molar-refractivity contribution is -0.885. The molecule has 0 aliphatic rings. The first-order valence-corrected chi connectivity index (χ1v) is 8.50. The highest BCUT2D eigenvalue weighted by molar-refractivity contribution is 6.31. The number of ether oxygens (including phenoxy) is 3. The van der Waals surface area contributed by atoms with Crippen molar-refractivity contribution in [2.75, 3.05) is 40.2 Å². The van der Waals surface area contributed by atoms with Crippen LogP contribution in [0.5, 0.6) is 17.2 Å². The van der Waals surface area contributed by atoms with Gasteiger partial charge >= 0.3 is 0 Å². The molecule has 0 fully saturated rings. The smallest absolute Gasteiger partial charge is 0.279 e. The molecule has 1 amide bonds. The van der Waals surface area contributed by atoms with Gasteiger partial charge in [0.15, 0.2) is 6.54 Å². The number of amides is 1. The van der Waals surface area contributed by atoms with Gasteiger partial charge in [0.2, 0.25) is 0 Å². The van der Waals surface area contributed by atoms with Gasteiger partial charge in [-0.1, -0.05) is 11.6 Å². The number of nitrogens with one attached hydrogen (secondary N) is 2. The maximum absolute atomic E-state index is 12.4. The molecule has 2 N–H and O–H groups in total. The van der Waals surface area contributed by atoms with E-state index in [1.807, 2.05) is 25.2 Å². The molecule has 7 heteroatoms. The monoisotopic (exact) mass is 379 g/mol. The van der Waals surface area contributed by atoms with E-state index in [0.29, 0.717) is 23.0 Å². The standard InChI is InChI=1S/C19H23ClN2O4/c1-22(11-13-5-7-15(24-2)10-18(13)26-4)12-19(23)21-16-9-14(20)6-8-17(16)25-3/h5-10H,11-12H2,1-4H3,(H,21,23)/p+1. The minimum atomic E-state index is -0.129. The van der Waals surface area contributed by atoms with Crippen LogP contribution in [0.2, 0.25) is 5.02 Å². The highest BCUT2D eigenvalue weighted by atomic mass is 35.5. The molecule has 1 atom stereocenters. The molecule has 0 bridgehead atoms. The first-order chi connectivity index (χ1) is 12.5. The number of anilines is 1. The minimum absolute atomic E-state index is 0.129. The molecule has 2 aromatic carbocycles. The predicted octanol–water partition coefficient (Wildman–Crippen LogP) is 2.02. The molecule has 0 aliphatic carbocycles. The number of likely N-dealkylation sites (N-methyl/N-ethyl adjacent to an activating group) is 1. The maximum Gasteiger partial charge on any atom is 0.279 e. The van der Waals surface area contributed by atoms with Crippen LogP contribution < -0.4 is 24.4 Å². The fraction of sp³-hybridized carbons (Fsp3) is 0.316. The van der Waals surface area contributed by atoms with Crippen molar-refractivity contribution in [3.8, 4) is 17.2 Å². The molecule has 0 aromatic heterocycles. The number of hydrogen-bond donors (Lipinski definition) is 2. The molecule has 0 saturated carbocycles. The van der Waals surface area contributed by atoms with Crippen molar-refractivity contribution in [3.05, 3.63) is 47.0 Å². The van der Waals surface area contributed by atoms with E-state index in [4.69, 9.17) is 25.8 Å². The molecule has 0 aliphatic heterocycles. The lowest BCUT2D eigenvalue weighted by atomic mass is 10.2. The number of quaternary nitrogens is 1. The van der Waals surface area contributed by atoms with Gasteiger partial charge in [0.1, 0.15) is 23.8 Å². The highest BCUT2D eigenvalue weighted by Gasteiger charge is 2.15. The van der Waals surface area contributed by atoms with Gasteiger partial charge in [-0.15, -0.1) is 0 Å².